The minimum Gasteiger partial charge on any atom is -0.444 e. The average molecular weight is 669 g/mol. The molecule has 2 amide bonds. The lowest BCUT2D eigenvalue weighted by molar-refractivity contribution is 0.0122. The number of carbonyl (C=O) groups is 2. The van der Waals surface area contributed by atoms with Crippen LogP contribution in [-0.2, 0) is 9.47 Å². The van der Waals surface area contributed by atoms with Gasteiger partial charge in [0.25, 0.3) is 0 Å². The molecule has 0 radical (unpaired) electrons. The Bertz CT molecular complexity index is 1920. The van der Waals surface area contributed by atoms with Gasteiger partial charge in [0.05, 0.1) is 22.3 Å². The van der Waals surface area contributed by atoms with Gasteiger partial charge in [0.2, 0.25) is 0 Å². The fourth-order valence-electron chi connectivity index (χ4n) is 6.19. The molecule has 14 heteroatoms. The van der Waals surface area contributed by atoms with Crippen molar-refractivity contribution in [1.82, 2.24) is 19.9 Å². The van der Waals surface area contributed by atoms with E-state index in [-0.39, 0.29) is 55.3 Å². The summed E-state index contributed by atoms with van der Waals surface area (Å²) in [7, 11) is 0. The number of ether oxygens (including phenoxy) is 2. The number of anilines is 2. The number of rotatable bonds is 4. The molecule has 2 bridgehead atoms. The Hall–Kier alpha value is -4.46. The van der Waals surface area contributed by atoms with Gasteiger partial charge >= 0.3 is 18.3 Å². The van der Waals surface area contributed by atoms with Gasteiger partial charge in [-0.1, -0.05) is 24.0 Å². The number of piperazine rings is 1. The zero-order valence-corrected chi connectivity index (χ0v) is 27.7. The summed E-state index contributed by atoms with van der Waals surface area (Å²) >= 11 is 0.869. The highest BCUT2D eigenvalue weighted by molar-refractivity contribution is 7.22. The van der Waals surface area contributed by atoms with Gasteiger partial charge in [0.1, 0.15) is 28.4 Å². The molecule has 2 fully saturated rings. The SMILES string of the molecule is C=Cc1cc2c(N3CC4CCC(C3)N4C(=O)OC(C)(C)C)nc(F)nc2c(F)c1-c1ccc(F)c2sc(NC(=O)OC(C)(C)C)nc12. The second-order valence-corrected chi connectivity index (χ2v) is 14.7. The topological polar surface area (TPSA) is 110 Å². The van der Waals surface area contributed by atoms with Crippen molar-refractivity contribution >= 4 is 61.7 Å². The number of fused-ring (bicyclic) bond motifs is 4. The fourth-order valence-corrected chi connectivity index (χ4v) is 7.07. The number of amides is 2. The third-order valence-electron chi connectivity index (χ3n) is 7.89. The van der Waals surface area contributed by atoms with Gasteiger partial charge < -0.3 is 14.4 Å². The standard InChI is InChI=1S/C33H35F3N6O4S/c1-8-16-13-20-24(37-28(36)39-27(20)41-14-17-9-10-18(15-41)42(17)31(44)46-33(5,6)7)23(35)22(16)19-11-12-21(34)26-25(19)38-29(47-26)40-30(43)45-32(2,3)4/h8,11-13,17-18H,1,9-10,14-15H2,2-7H3,(H,38,40,43). The van der Waals surface area contributed by atoms with Crippen molar-refractivity contribution in [1.29, 1.82) is 0 Å². The number of halogens is 3. The number of thiazole rings is 1. The quantitative estimate of drug-likeness (QED) is 0.219. The Balaban J connectivity index is 1.41. The van der Waals surface area contributed by atoms with E-state index in [0.29, 0.717) is 18.7 Å². The normalized spacial score (nSPS) is 18.1. The number of hydrogen-bond acceptors (Lipinski definition) is 9. The van der Waals surface area contributed by atoms with Crippen molar-refractivity contribution in [3.8, 4) is 11.1 Å². The Kier molecular flexibility index (Phi) is 8.05. The van der Waals surface area contributed by atoms with Crippen molar-refractivity contribution in [3.63, 3.8) is 0 Å². The predicted molar refractivity (Wildman–Crippen MR) is 175 cm³/mol. The lowest BCUT2D eigenvalue weighted by atomic mass is 9.95. The maximum Gasteiger partial charge on any atom is 0.413 e. The molecule has 0 aliphatic carbocycles. The Morgan fingerprint density at radius 1 is 0.979 bits per heavy atom. The molecule has 2 unspecified atom stereocenters. The molecule has 2 aliphatic rings. The summed E-state index contributed by atoms with van der Waals surface area (Å²) in [6.07, 6.45) is 0.624. The van der Waals surface area contributed by atoms with Gasteiger partial charge in [-0.3, -0.25) is 10.2 Å². The van der Waals surface area contributed by atoms with Crippen LogP contribution in [0.3, 0.4) is 0 Å². The number of aromatic nitrogens is 3. The van der Waals surface area contributed by atoms with E-state index >= 15 is 8.78 Å². The molecule has 248 valence electrons. The van der Waals surface area contributed by atoms with Crippen molar-refractivity contribution < 1.29 is 32.2 Å². The first-order chi connectivity index (χ1) is 22.0. The van der Waals surface area contributed by atoms with Crippen LogP contribution in [0, 0.1) is 17.7 Å². The van der Waals surface area contributed by atoms with E-state index in [0.717, 1.165) is 24.2 Å². The Labute approximate surface area is 273 Å². The van der Waals surface area contributed by atoms with Gasteiger partial charge in [-0.2, -0.15) is 14.4 Å². The number of nitrogens with zero attached hydrogens (tertiary/aromatic N) is 5. The zero-order chi connectivity index (χ0) is 34.0. The number of hydrogen-bond donors (Lipinski definition) is 1. The maximum absolute atomic E-state index is 16.7. The Morgan fingerprint density at radius 2 is 1.64 bits per heavy atom. The maximum atomic E-state index is 16.7. The summed E-state index contributed by atoms with van der Waals surface area (Å²) in [5, 5.41) is 2.82. The number of carbonyl (C=O) groups excluding carboxylic acids is 2. The first-order valence-corrected chi connectivity index (χ1v) is 16.0. The average Bonchev–Trinajstić information content (AvgIpc) is 3.50. The molecule has 2 atom stereocenters. The zero-order valence-electron chi connectivity index (χ0n) is 26.9. The van der Waals surface area contributed by atoms with E-state index in [9.17, 15) is 14.0 Å². The first-order valence-electron chi connectivity index (χ1n) is 15.2. The number of nitrogens with one attached hydrogen (secondary N) is 1. The summed E-state index contributed by atoms with van der Waals surface area (Å²) in [4.78, 5) is 41.3. The fraction of sp³-hybridized carbons (Fsp3) is 0.424. The summed E-state index contributed by atoms with van der Waals surface area (Å²) in [5.74, 6) is -1.28. The highest BCUT2D eigenvalue weighted by Crippen LogP contribution is 2.42. The highest BCUT2D eigenvalue weighted by Gasteiger charge is 2.45. The molecule has 2 aliphatic heterocycles. The third-order valence-corrected chi connectivity index (χ3v) is 8.87. The van der Waals surface area contributed by atoms with Crippen LogP contribution in [-0.4, -0.2) is 68.4 Å². The molecule has 1 N–H and O–H groups in total. The van der Waals surface area contributed by atoms with Crippen LogP contribution in [0.5, 0.6) is 0 Å². The van der Waals surface area contributed by atoms with Crippen LogP contribution in [0.1, 0.15) is 59.9 Å². The molecular weight excluding hydrogens is 633 g/mol. The predicted octanol–water partition coefficient (Wildman–Crippen LogP) is 7.90. The largest absolute Gasteiger partial charge is 0.444 e. The first kappa shape index (κ1) is 32.5. The molecule has 2 saturated heterocycles. The minimum absolute atomic E-state index is 0.00881. The molecule has 47 heavy (non-hydrogen) atoms. The molecule has 2 aromatic heterocycles. The molecule has 4 aromatic rings. The van der Waals surface area contributed by atoms with E-state index in [1.165, 1.54) is 18.2 Å². The van der Waals surface area contributed by atoms with Crippen LogP contribution in [0.25, 0.3) is 38.3 Å². The van der Waals surface area contributed by atoms with Crippen LogP contribution >= 0.6 is 11.3 Å². The van der Waals surface area contributed by atoms with Gasteiger partial charge in [-0.15, -0.1) is 0 Å². The summed E-state index contributed by atoms with van der Waals surface area (Å²) in [6, 6.07) is 3.78. The monoisotopic (exact) mass is 668 g/mol. The smallest absolute Gasteiger partial charge is 0.413 e. The third kappa shape index (κ3) is 6.30. The van der Waals surface area contributed by atoms with Crippen LogP contribution in [0.4, 0.5) is 33.7 Å². The van der Waals surface area contributed by atoms with Gasteiger partial charge in [-0.05, 0) is 78.1 Å². The van der Waals surface area contributed by atoms with E-state index < -0.39 is 41.1 Å². The van der Waals surface area contributed by atoms with E-state index in [2.05, 4.69) is 26.8 Å². The van der Waals surface area contributed by atoms with E-state index in [4.69, 9.17) is 9.47 Å². The van der Waals surface area contributed by atoms with Crippen molar-refractivity contribution in [2.75, 3.05) is 23.3 Å². The summed E-state index contributed by atoms with van der Waals surface area (Å²) in [6.45, 7) is 15.1. The lowest BCUT2D eigenvalue weighted by Crippen LogP contribution is -2.57. The second kappa shape index (κ2) is 11.7. The van der Waals surface area contributed by atoms with E-state index in [1.807, 2.05) is 25.7 Å². The lowest BCUT2D eigenvalue weighted by Gasteiger charge is -2.42. The molecule has 6 rings (SSSR count). The molecule has 10 nitrogen and oxygen atoms in total. The van der Waals surface area contributed by atoms with Crippen molar-refractivity contribution in [2.24, 2.45) is 0 Å². The van der Waals surface area contributed by atoms with E-state index in [1.54, 1.807) is 31.7 Å². The highest BCUT2D eigenvalue weighted by atomic mass is 32.1. The summed E-state index contributed by atoms with van der Waals surface area (Å²) in [5.41, 5.74) is -1.09. The summed E-state index contributed by atoms with van der Waals surface area (Å²) < 4.78 is 57.7. The molecule has 0 spiro atoms. The molecule has 4 heterocycles. The van der Waals surface area contributed by atoms with Crippen molar-refractivity contribution in [2.45, 2.75) is 77.7 Å². The molecular formula is C33H35F3N6O4S. The minimum atomic E-state index is -1.12. The van der Waals surface area contributed by atoms with Gasteiger partial charge in [0.15, 0.2) is 10.9 Å². The van der Waals surface area contributed by atoms with Crippen molar-refractivity contribution in [3.05, 3.63) is 48.1 Å². The molecule has 2 aromatic carbocycles. The molecule has 0 saturated carbocycles. The Morgan fingerprint density at radius 3 is 2.26 bits per heavy atom. The van der Waals surface area contributed by atoms with Gasteiger partial charge in [-0.25, -0.2) is 23.4 Å². The second-order valence-electron chi connectivity index (χ2n) is 13.7. The number of benzene rings is 2. The van der Waals surface area contributed by atoms with Crippen LogP contribution in [0.15, 0.2) is 24.8 Å². The van der Waals surface area contributed by atoms with Crippen LogP contribution < -0.4 is 10.2 Å². The van der Waals surface area contributed by atoms with Gasteiger partial charge in [0, 0.05) is 29.6 Å². The van der Waals surface area contributed by atoms with Crippen LogP contribution in [0.2, 0.25) is 0 Å².